The van der Waals surface area contributed by atoms with E-state index in [-0.39, 0.29) is 6.61 Å². The Balaban J connectivity index is 2.06. The fourth-order valence-electron chi connectivity index (χ4n) is 2.28. The van der Waals surface area contributed by atoms with Gasteiger partial charge in [0.25, 0.3) is 0 Å². The molecule has 0 aromatic heterocycles. The van der Waals surface area contributed by atoms with Crippen LogP contribution in [0.5, 0.6) is 0 Å². The average Bonchev–Trinajstić information content (AvgIpc) is 2.76. The summed E-state index contributed by atoms with van der Waals surface area (Å²) in [6, 6.07) is 10.1. The van der Waals surface area contributed by atoms with Crippen molar-refractivity contribution in [1.82, 2.24) is 4.90 Å². The molecule has 2 rings (SSSR count). The van der Waals surface area contributed by atoms with Crippen LogP contribution in [0.2, 0.25) is 0 Å². The standard InChI is InChI=1S/C13H16N2O/c14-8-11-3-1-4-12(7-11)9-15-6-2-5-13(15)10-16/h1,3-4,7,13,16H,2,5-6,9-10H2/t13-/m0/s1. The van der Waals surface area contributed by atoms with Gasteiger partial charge in [0.2, 0.25) is 0 Å². The second-order valence-corrected chi connectivity index (χ2v) is 4.26. The maximum Gasteiger partial charge on any atom is 0.0991 e. The van der Waals surface area contributed by atoms with Crippen molar-refractivity contribution in [3.63, 3.8) is 0 Å². The van der Waals surface area contributed by atoms with Crippen molar-refractivity contribution in [1.29, 1.82) is 5.26 Å². The molecule has 0 spiro atoms. The third-order valence-electron chi connectivity index (χ3n) is 3.15. The minimum Gasteiger partial charge on any atom is -0.395 e. The second-order valence-electron chi connectivity index (χ2n) is 4.26. The van der Waals surface area contributed by atoms with Crippen LogP contribution in [-0.2, 0) is 6.54 Å². The number of rotatable bonds is 3. The molecule has 1 N–H and O–H groups in total. The van der Waals surface area contributed by atoms with Gasteiger partial charge in [-0.2, -0.15) is 5.26 Å². The Labute approximate surface area is 95.9 Å². The van der Waals surface area contributed by atoms with Gasteiger partial charge in [-0.05, 0) is 37.1 Å². The number of nitriles is 1. The minimum atomic E-state index is 0.234. The third-order valence-corrected chi connectivity index (χ3v) is 3.15. The lowest BCUT2D eigenvalue weighted by Gasteiger charge is -2.22. The maximum atomic E-state index is 9.22. The lowest BCUT2D eigenvalue weighted by molar-refractivity contribution is 0.153. The van der Waals surface area contributed by atoms with Crippen molar-refractivity contribution in [2.75, 3.05) is 13.2 Å². The van der Waals surface area contributed by atoms with E-state index in [1.807, 2.05) is 24.3 Å². The molecule has 0 saturated carbocycles. The van der Waals surface area contributed by atoms with Crippen LogP contribution in [0.15, 0.2) is 24.3 Å². The highest BCUT2D eigenvalue weighted by atomic mass is 16.3. The summed E-state index contributed by atoms with van der Waals surface area (Å²) in [5, 5.41) is 18.0. The molecule has 0 radical (unpaired) electrons. The highest BCUT2D eigenvalue weighted by Crippen LogP contribution is 2.19. The zero-order valence-corrected chi connectivity index (χ0v) is 9.26. The van der Waals surface area contributed by atoms with E-state index in [4.69, 9.17) is 5.26 Å². The Morgan fingerprint density at radius 2 is 2.38 bits per heavy atom. The summed E-state index contributed by atoms with van der Waals surface area (Å²) in [5.41, 5.74) is 1.86. The monoisotopic (exact) mass is 216 g/mol. The van der Waals surface area contributed by atoms with Gasteiger partial charge >= 0.3 is 0 Å². The second kappa shape index (κ2) is 5.11. The van der Waals surface area contributed by atoms with Crippen molar-refractivity contribution in [2.24, 2.45) is 0 Å². The van der Waals surface area contributed by atoms with Gasteiger partial charge in [-0.25, -0.2) is 0 Å². The van der Waals surface area contributed by atoms with E-state index in [0.717, 1.165) is 31.5 Å². The Bertz CT molecular complexity index is 397. The first-order chi connectivity index (χ1) is 7.83. The first-order valence-electron chi connectivity index (χ1n) is 5.67. The zero-order valence-electron chi connectivity index (χ0n) is 9.26. The van der Waals surface area contributed by atoms with Gasteiger partial charge in [0.15, 0.2) is 0 Å². The molecular formula is C13H16N2O. The van der Waals surface area contributed by atoms with Gasteiger partial charge in [-0.1, -0.05) is 12.1 Å². The molecule has 1 aliphatic heterocycles. The predicted octanol–water partition coefficient (Wildman–Crippen LogP) is 1.51. The molecule has 1 heterocycles. The summed E-state index contributed by atoms with van der Waals surface area (Å²) in [5.74, 6) is 0. The van der Waals surface area contributed by atoms with E-state index in [1.54, 1.807) is 0 Å². The molecule has 84 valence electrons. The molecule has 3 nitrogen and oxygen atoms in total. The lowest BCUT2D eigenvalue weighted by atomic mass is 10.1. The van der Waals surface area contributed by atoms with Crippen LogP contribution in [0.4, 0.5) is 0 Å². The molecular weight excluding hydrogens is 200 g/mol. The molecule has 0 amide bonds. The Morgan fingerprint density at radius 3 is 3.12 bits per heavy atom. The number of likely N-dealkylation sites (tertiary alicyclic amines) is 1. The van der Waals surface area contributed by atoms with E-state index in [2.05, 4.69) is 11.0 Å². The molecule has 16 heavy (non-hydrogen) atoms. The van der Waals surface area contributed by atoms with E-state index >= 15 is 0 Å². The minimum absolute atomic E-state index is 0.234. The maximum absolute atomic E-state index is 9.22. The summed E-state index contributed by atoms with van der Waals surface area (Å²) in [7, 11) is 0. The molecule has 1 aromatic rings. The largest absolute Gasteiger partial charge is 0.395 e. The smallest absolute Gasteiger partial charge is 0.0991 e. The van der Waals surface area contributed by atoms with Crippen molar-refractivity contribution in [3.8, 4) is 6.07 Å². The van der Waals surface area contributed by atoms with Gasteiger partial charge in [0.05, 0.1) is 18.2 Å². The van der Waals surface area contributed by atoms with Gasteiger partial charge in [-0.15, -0.1) is 0 Å². The van der Waals surface area contributed by atoms with Crippen LogP contribution in [-0.4, -0.2) is 29.2 Å². The van der Waals surface area contributed by atoms with Crippen molar-refractivity contribution in [2.45, 2.75) is 25.4 Å². The number of aliphatic hydroxyl groups is 1. The Hall–Kier alpha value is -1.37. The molecule has 0 aliphatic carbocycles. The Morgan fingerprint density at radius 1 is 1.50 bits per heavy atom. The Kier molecular flexibility index (Phi) is 3.55. The van der Waals surface area contributed by atoms with Crippen LogP contribution in [0, 0.1) is 11.3 Å². The first kappa shape index (κ1) is 11.1. The summed E-state index contributed by atoms with van der Waals surface area (Å²) in [6.07, 6.45) is 2.23. The molecule has 0 bridgehead atoms. The third kappa shape index (κ3) is 2.41. The predicted molar refractivity (Wildman–Crippen MR) is 61.7 cm³/mol. The molecule has 1 aromatic carbocycles. The van der Waals surface area contributed by atoms with E-state index in [1.165, 1.54) is 0 Å². The number of aliphatic hydroxyl groups excluding tert-OH is 1. The number of hydrogen-bond donors (Lipinski definition) is 1. The molecule has 1 atom stereocenters. The number of benzene rings is 1. The zero-order chi connectivity index (χ0) is 11.4. The van der Waals surface area contributed by atoms with Crippen LogP contribution < -0.4 is 0 Å². The lowest BCUT2D eigenvalue weighted by Crippen LogP contribution is -2.31. The van der Waals surface area contributed by atoms with E-state index < -0.39 is 0 Å². The summed E-state index contributed by atoms with van der Waals surface area (Å²) in [6.45, 7) is 2.11. The quantitative estimate of drug-likeness (QED) is 0.833. The fourth-order valence-corrected chi connectivity index (χ4v) is 2.28. The highest BCUT2D eigenvalue weighted by Gasteiger charge is 2.23. The molecule has 0 unspecified atom stereocenters. The van der Waals surface area contributed by atoms with Crippen LogP contribution in [0.1, 0.15) is 24.0 Å². The van der Waals surface area contributed by atoms with Crippen LogP contribution in [0.3, 0.4) is 0 Å². The normalized spacial score (nSPS) is 20.9. The number of nitrogens with zero attached hydrogens (tertiary/aromatic N) is 2. The SMILES string of the molecule is N#Cc1cccc(CN2CCC[C@H]2CO)c1. The summed E-state index contributed by atoms with van der Waals surface area (Å²) < 4.78 is 0. The molecule has 1 saturated heterocycles. The first-order valence-corrected chi connectivity index (χ1v) is 5.67. The van der Waals surface area contributed by atoms with Gasteiger partial charge < -0.3 is 5.11 Å². The molecule has 1 fully saturated rings. The van der Waals surface area contributed by atoms with Gasteiger partial charge in [0.1, 0.15) is 0 Å². The highest BCUT2D eigenvalue weighted by molar-refractivity contribution is 5.32. The van der Waals surface area contributed by atoms with Crippen molar-refractivity contribution >= 4 is 0 Å². The van der Waals surface area contributed by atoms with E-state index in [9.17, 15) is 5.11 Å². The van der Waals surface area contributed by atoms with Crippen LogP contribution >= 0.6 is 0 Å². The van der Waals surface area contributed by atoms with E-state index in [0.29, 0.717) is 11.6 Å². The van der Waals surface area contributed by atoms with Crippen molar-refractivity contribution < 1.29 is 5.11 Å². The number of hydrogen-bond acceptors (Lipinski definition) is 3. The average molecular weight is 216 g/mol. The molecule has 1 aliphatic rings. The van der Waals surface area contributed by atoms with Crippen LogP contribution in [0.25, 0.3) is 0 Å². The van der Waals surface area contributed by atoms with Gasteiger partial charge in [-0.3, -0.25) is 4.90 Å². The van der Waals surface area contributed by atoms with Crippen molar-refractivity contribution in [3.05, 3.63) is 35.4 Å². The summed E-state index contributed by atoms with van der Waals surface area (Å²) in [4.78, 5) is 2.29. The topological polar surface area (TPSA) is 47.3 Å². The molecule has 3 heteroatoms. The fraction of sp³-hybridized carbons (Fsp3) is 0.462. The van der Waals surface area contributed by atoms with Gasteiger partial charge in [0, 0.05) is 12.6 Å². The summed E-state index contributed by atoms with van der Waals surface area (Å²) >= 11 is 0.